The lowest BCUT2D eigenvalue weighted by Crippen LogP contribution is -2.46. The molecule has 3 nitrogen and oxygen atoms in total. The van der Waals surface area contributed by atoms with Crippen LogP contribution in [0.1, 0.15) is 24.0 Å². The van der Waals surface area contributed by atoms with Crippen molar-refractivity contribution in [2.45, 2.75) is 25.4 Å². The molecule has 1 saturated heterocycles. The van der Waals surface area contributed by atoms with E-state index in [0.717, 1.165) is 44.3 Å². The quantitative estimate of drug-likeness (QED) is 0.853. The summed E-state index contributed by atoms with van der Waals surface area (Å²) in [6.07, 6.45) is 2.75. The number of nitrogens with zero attached hydrogens (tertiary/aromatic N) is 2. The molecule has 1 aliphatic heterocycles. The second-order valence-corrected chi connectivity index (χ2v) is 5.86. The molecule has 0 amide bonds. The maximum absolute atomic E-state index is 13.7. The van der Waals surface area contributed by atoms with Crippen LogP contribution in [0.5, 0.6) is 0 Å². The Balaban J connectivity index is 1.59. The zero-order chi connectivity index (χ0) is 14.7. The monoisotopic (exact) mass is 287 g/mol. The van der Waals surface area contributed by atoms with Gasteiger partial charge in [-0.1, -0.05) is 17.9 Å². The van der Waals surface area contributed by atoms with E-state index < -0.39 is 0 Å². The molecule has 2 fully saturated rings. The number of halogens is 1. The van der Waals surface area contributed by atoms with E-state index >= 15 is 0 Å². The standard InChI is InChI=1S/C17H22FN3/c18-17-6-3-14(12-15(17)2-1-7-19)13-20-8-10-21(11-9-20)16-4-5-16/h3,6,12,16H,4-5,7-11,13,19H2. The zero-order valence-corrected chi connectivity index (χ0v) is 12.3. The fraction of sp³-hybridized carbons (Fsp3) is 0.529. The van der Waals surface area contributed by atoms with Gasteiger partial charge in [-0.2, -0.15) is 0 Å². The molecule has 1 aromatic rings. The van der Waals surface area contributed by atoms with Crippen LogP contribution >= 0.6 is 0 Å². The van der Waals surface area contributed by atoms with Crippen LogP contribution in [0, 0.1) is 17.7 Å². The van der Waals surface area contributed by atoms with Crippen molar-refractivity contribution in [1.29, 1.82) is 0 Å². The van der Waals surface area contributed by atoms with Gasteiger partial charge < -0.3 is 5.73 Å². The molecule has 1 saturated carbocycles. The zero-order valence-electron chi connectivity index (χ0n) is 12.3. The molecule has 1 aromatic carbocycles. The van der Waals surface area contributed by atoms with Gasteiger partial charge in [-0.15, -0.1) is 0 Å². The van der Waals surface area contributed by atoms with E-state index in [1.54, 1.807) is 0 Å². The Hall–Kier alpha value is -1.41. The molecule has 0 atom stereocenters. The largest absolute Gasteiger partial charge is 0.320 e. The fourth-order valence-corrected chi connectivity index (χ4v) is 2.90. The molecule has 0 unspecified atom stereocenters. The van der Waals surface area contributed by atoms with Gasteiger partial charge >= 0.3 is 0 Å². The molecular formula is C17H22FN3. The number of piperazine rings is 1. The Morgan fingerprint density at radius 3 is 2.62 bits per heavy atom. The lowest BCUT2D eigenvalue weighted by molar-refractivity contribution is 0.121. The van der Waals surface area contributed by atoms with Crippen molar-refractivity contribution >= 4 is 0 Å². The molecule has 1 heterocycles. The topological polar surface area (TPSA) is 32.5 Å². The normalized spacial score (nSPS) is 20.1. The first-order valence-electron chi connectivity index (χ1n) is 7.70. The van der Waals surface area contributed by atoms with Crippen LogP contribution in [0.4, 0.5) is 4.39 Å². The summed E-state index contributed by atoms with van der Waals surface area (Å²) in [5, 5.41) is 0. The maximum Gasteiger partial charge on any atom is 0.138 e. The van der Waals surface area contributed by atoms with Gasteiger partial charge in [0.2, 0.25) is 0 Å². The van der Waals surface area contributed by atoms with E-state index in [1.165, 1.54) is 18.9 Å². The summed E-state index contributed by atoms with van der Waals surface area (Å²) < 4.78 is 13.7. The van der Waals surface area contributed by atoms with Gasteiger partial charge in [0.05, 0.1) is 12.1 Å². The minimum atomic E-state index is -0.266. The molecule has 0 spiro atoms. The van der Waals surface area contributed by atoms with Gasteiger partial charge in [0, 0.05) is 38.8 Å². The third-order valence-corrected chi connectivity index (χ3v) is 4.23. The Labute approximate surface area is 125 Å². The van der Waals surface area contributed by atoms with Crippen molar-refractivity contribution in [1.82, 2.24) is 9.80 Å². The van der Waals surface area contributed by atoms with E-state index in [0.29, 0.717) is 5.56 Å². The summed E-state index contributed by atoms with van der Waals surface area (Å²) in [4.78, 5) is 5.03. The van der Waals surface area contributed by atoms with Crippen LogP contribution in [-0.4, -0.2) is 48.6 Å². The first-order valence-corrected chi connectivity index (χ1v) is 7.70. The molecule has 21 heavy (non-hydrogen) atoms. The van der Waals surface area contributed by atoms with Gasteiger partial charge in [-0.25, -0.2) is 4.39 Å². The third-order valence-electron chi connectivity index (χ3n) is 4.23. The van der Waals surface area contributed by atoms with Gasteiger partial charge in [-0.05, 0) is 30.5 Å². The molecular weight excluding hydrogens is 265 g/mol. The molecule has 112 valence electrons. The van der Waals surface area contributed by atoms with E-state index in [-0.39, 0.29) is 12.4 Å². The lowest BCUT2D eigenvalue weighted by atomic mass is 10.1. The summed E-state index contributed by atoms with van der Waals surface area (Å²) in [6.45, 7) is 5.63. The highest BCUT2D eigenvalue weighted by Gasteiger charge is 2.31. The van der Waals surface area contributed by atoms with Crippen molar-refractivity contribution in [2.24, 2.45) is 5.73 Å². The number of hydrogen-bond donors (Lipinski definition) is 1. The average molecular weight is 287 g/mol. The number of hydrogen-bond acceptors (Lipinski definition) is 3. The highest BCUT2D eigenvalue weighted by Crippen LogP contribution is 2.27. The molecule has 0 radical (unpaired) electrons. The highest BCUT2D eigenvalue weighted by molar-refractivity contribution is 5.38. The minimum Gasteiger partial charge on any atom is -0.320 e. The Kier molecular flexibility index (Phi) is 4.54. The summed E-state index contributed by atoms with van der Waals surface area (Å²) >= 11 is 0. The summed E-state index contributed by atoms with van der Waals surface area (Å²) in [7, 11) is 0. The van der Waals surface area contributed by atoms with Crippen LogP contribution < -0.4 is 5.73 Å². The van der Waals surface area contributed by atoms with Crippen molar-refractivity contribution in [3.63, 3.8) is 0 Å². The van der Waals surface area contributed by atoms with Crippen LogP contribution in [0.2, 0.25) is 0 Å². The van der Waals surface area contributed by atoms with Gasteiger partial charge in [0.25, 0.3) is 0 Å². The number of benzene rings is 1. The van der Waals surface area contributed by atoms with Crippen molar-refractivity contribution < 1.29 is 4.39 Å². The Morgan fingerprint density at radius 1 is 1.19 bits per heavy atom. The molecule has 3 rings (SSSR count). The third kappa shape index (κ3) is 3.82. The summed E-state index contributed by atoms with van der Waals surface area (Å²) in [6, 6.07) is 6.08. The van der Waals surface area contributed by atoms with E-state index in [1.807, 2.05) is 12.1 Å². The van der Waals surface area contributed by atoms with Crippen LogP contribution in [0.25, 0.3) is 0 Å². The molecule has 4 heteroatoms. The first kappa shape index (κ1) is 14.5. The summed E-state index contributed by atoms with van der Waals surface area (Å²) in [5.74, 6) is 5.26. The van der Waals surface area contributed by atoms with Crippen LogP contribution in [0.15, 0.2) is 18.2 Å². The second-order valence-electron chi connectivity index (χ2n) is 5.86. The van der Waals surface area contributed by atoms with Gasteiger partial charge in [-0.3, -0.25) is 9.80 Å². The molecule has 2 N–H and O–H groups in total. The van der Waals surface area contributed by atoms with Gasteiger partial charge in [0.15, 0.2) is 0 Å². The van der Waals surface area contributed by atoms with Crippen LogP contribution in [0.3, 0.4) is 0 Å². The van der Waals surface area contributed by atoms with Crippen molar-refractivity contribution in [3.8, 4) is 11.8 Å². The Morgan fingerprint density at radius 2 is 1.95 bits per heavy atom. The van der Waals surface area contributed by atoms with E-state index in [2.05, 4.69) is 21.6 Å². The first-order chi connectivity index (χ1) is 10.3. The number of rotatable bonds is 3. The maximum atomic E-state index is 13.7. The average Bonchev–Trinajstić information content (AvgIpc) is 3.33. The van der Waals surface area contributed by atoms with Crippen LogP contribution in [-0.2, 0) is 6.54 Å². The van der Waals surface area contributed by atoms with Crippen molar-refractivity contribution in [3.05, 3.63) is 35.1 Å². The molecule has 2 aliphatic rings. The predicted octanol–water partition coefficient (Wildman–Crippen LogP) is 1.42. The second kappa shape index (κ2) is 6.57. The molecule has 0 aromatic heterocycles. The van der Waals surface area contributed by atoms with E-state index in [4.69, 9.17) is 5.73 Å². The van der Waals surface area contributed by atoms with Crippen molar-refractivity contribution in [2.75, 3.05) is 32.7 Å². The highest BCUT2D eigenvalue weighted by atomic mass is 19.1. The predicted molar refractivity (Wildman–Crippen MR) is 82.2 cm³/mol. The lowest BCUT2D eigenvalue weighted by Gasteiger charge is -2.34. The smallest absolute Gasteiger partial charge is 0.138 e. The molecule has 0 bridgehead atoms. The summed E-state index contributed by atoms with van der Waals surface area (Å²) in [5.41, 5.74) is 6.92. The molecule has 1 aliphatic carbocycles. The Bertz CT molecular complexity index is 549. The minimum absolute atomic E-state index is 0.257. The SMILES string of the molecule is NCC#Cc1cc(CN2CCN(C3CC3)CC2)ccc1F. The van der Waals surface area contributed by atoms with Gasteiger partial charge in [0.1, 0.15) is 5.82 Å². The van der Waals surface area contributed by atoms with E-state index in [9.17, 15) is 4.39 Å². The fourth-order valence-electron chi connectivity index (χ4n) is 2.90. The number of nitrogens with two attached hydrogens (primary N) is 1.